The van der Waals surface area contributed by atoms with Gasteiger partial charge in [-0.2, -0.15) is 0 Å². The second-order valence-electron chi connectivity index (χ2n) is 27.8. The summed E-state index contributed by atoms with van der Waals surface area (Å²) < 4.78 is 57.0. The first-order valence-corrected chi connectivity index (χ1v) is 40.8. The van der Waals surface area contributed by atoms with E-state index in [0.717, 1.165) is 125 Å². The van der Waals surface area contributed by atoms with E-state index in [1.54, 1.807) is 0 Å². The van der Waals surface area contributed by atoms with Crippen molar-refractivity contribution in [2.75, 3.05) is 52.9 Å². The lowest BCUT2D eigenvalue weighted by Gasteiger charge is -2.13. The number of aromatic amines is 2. The third-order valence-corrected chi connectivity index (χ3v) is 18.8. The number of H-pyrrole nitrogens is 2. The molecule has 0 aromatic carbocycles. The van der Waals surface area contributed by atoms with Gasteiger partial charge in [-0.25, -0.2) is 9.97 Å². The van der Waals surface area contributed by atoms with Gasteiger partial charge in [0, 0.05) is 0 Å². The molecule has 0 radical (unpaired) electrons. The zero-order valence-corrected chi connectivity index (χ0v) is 63.1. The summed E-state index contributed by atoms with van der Waals surface area (Å²) in [5.41, 5.74) is 5.73. The van der Waals surface area contributed by atoms with Crippen molar-refractivity contribution in [3.63, 3.8) is 0 Å². The Labute approximate surface area is 586 Å². The first-order valence-electron chi connectivity index (χ1n) is 40.8. The lowest BCUT2D eigenvalue weighted by molar-refractivity contribution is 0.234. The van der Waals surface area contributed by atoms with Crippen LogP contribution in [0.15, 0.2) is 24.3 Å². The van der Waals surface area contributed by atoms with Gasteiger partial charge in [-0.05, 0) is 75.6 Å². The Kier molecular flexibility index (Phi) is 45.9. The van der Waals surface area contributed by atoms with Crippen LogP contribution in [0, 0.1) is 0 Å². The molecule has 8 bridgehead atoms. The van der Waals surface area contributed by atoms with E-state index >= 15 is 0 Å². The molecule has 0 fully saturated rings. The minimum atomic E-state index is 0.539. The van der Waals surface area contributed by atoms with Gasteiger partial charge in [-0.1, -0.05) is 312 Å². The lowest BCUT2D eigenvalue weighted by atomic mass is 10.1. The van der Waals surface area contributed by atoms with Crippen LogP contribution in [-0.4, -0.2) is 72.8 Å². The Balaban J connectivity index is 1.90. The molecule has 0 atom stereocenters. The molecule has 0 saturated carbocycles. The highest BCUT2D eigenvalue weighted by Gasteiger charge is 2.30. The van der Waals surface area contributed by atoms with E-state index in [0.29, 0.717) is 122 Å². The number of nitrogens with zero attached hydrogens (tertiary/aromatic N) is 2. The van der Waals surface area contributed by atoms with E-state index in [1.807, 2.05) is 0 Å². The number of aromatic nitrogens is 4. The number of rotatable bonds is 64. The molecular weight excluding hydrogens is 1190 g/mol. The highest BCUT2D eigenvalue weighted by atomic mass is 16.5. The second kappa shape index (κ2) is 53.9. The van der Waals surface area contributed by atoms with E-state index in [4.69, 9.17) is 47.9 Å². The molecule has 2 aliphatic heterocycles. The molecule has 5 heterocycles. The maximum absolute atomic E-state index is 7.14. The third-order valence-electron chi connectivity index (χ3n) is 18.8. The molecule has 0 spiro atoms. The highest BCUT2D eigenvalue weighted by molar-refractivity contribution is 5.92. The zero-order valence-electron chi connectivity index (χ0n) is 63.1. The fraction of sp³-hybridized carbons (Fsp3) is 0.762. The summed E-state index contributed by atoms with van der Waals surface area (Å²) in [6, 6.07) is 8.49. The summed E-state index contributed by atoms with van der Waals surface area (Å²) in [6.07, 6.45) is 55.5. The topological polar surface area (TPSA) is 131 Å². The van der Waals surface area contributed by atoms with Gasteiger partial charge >= 0.3 is 0 Å². The molecule has 0 aliphatic carbocycles. The number of hydrogen-bond donors (Lipinski definition) is 2. The Hall–Kier alpha value is -5.00. The van der Waals surface area contributed by atoms with E-state index in [1.165, 1.54) is 205 Å². The highest BCUT2D eigenvalue weighted by Crippen LogP contribution is 2.44. The van der Waals surface area contributed by atoms with Crippen molar-refractivity contribution in [1.29, 1.82) is 0 Å². The average molecular weight is 1340 g/mol. The van der Waals surface area contributed by atoms with Crippen LogP contribution in [0.25, 0.3) is 45.1 Å². The molecule has 5 rings (SSSR count). The summed E-state index contributed by atoms with van der Waals surface area (Å²) in [5.74, 6) is 5.29. The number of ether oxygens (including phenoxy) is 8. The predicted molar refractivity (Wildman–Crippen MR) is 407 cm³/mol. The van der Waals surface area contributed by atoms with Crippen molar-refractivity contribution in [3.8, 4) is 23.0 Å². The normalized spacial score (nSPS) is 12.3. The van der Waals surface area contributed by atoms with Crippen LogP contribution in [-0.2, 0) is 18.9 Å². The largest absolute Gasteiger partial charge is 0.488 e. The number of unbranched alkanes of at least 4 members (excludes halogenated alkanes) is 40. The van der Waals surface area contributed by atoms with Gasteiger partial charge in [-0.15, -0.1) is 0 Å². The maximum atomic E-state index is 7.14. The van der Waals surface area contributed by atoms with Crippen molar-refractivity contribution < 1.29 is 37.9 Å². The summed E-state index contributed by atoms with van der Waals surface area (Å²) in [4.78, 5) is 19.1. The monoisotopic (exact) mass is 1340 g/mol. The Morgan fingerprint density at radius 3 is 0.573 bits per heavy atom. The van der Waals surface area contributed by atoms with Gasteiger partial charge < -0.3 is 47.9 Å². The van der Waals surface area contributed by atoms with Gasteiger partial charge in [0.1, 0.15) is 22.8 Å². The minimum Gasteiger partial charge on any atom is -0.488 e. The van der Waals surface area contributed by atoms with Crippen LogP contribution >= 0.6 is 0 Å². The fourth-order valence-corrected chi connectivity index (χ4v) is 12.9. The standard InChI is InChI=1S/C84H142N4O8/c1-9-17-25-33-41-49-57-89-77-69-65-71-79(91-59-51-43-35-27-19-11-3)81(93-61-53-45-37-29-21-13-5)73(86-71)67-75-83(95-63-55-47-39-31-23-15-7)84(96-64-56-48-40-32-24-16-8)76(88-75)68-74-82(94-62-54-46-38-30-22-14-6)80(92-60-52-44-36-28-20-12-4)72(87-74)66-70(85-69)78(77)90-58-50-42-34-26-18-10-2/h65-68,85-86H,9-64H2,1-8H3. The molecule has 12 heteroatoms. The quantitative estimate of drug-likeness (QED) is 0.0527. The lowest BCUT2D eigenvalue weighted by Crippen LogP contribution is -2.02. The molecule has 546 valence electrons. The van der Waals surface area contributed by atoms with Crippen LogP contribution in [0.3, 0.4) is 0 Å². The number of fused-ring (bicyclic) bond motifs is 8. The SMILES string of the molecule is CCCCCCCCOC1=C(OCCCCCCCC)c2cc3[nH]c(cc4[nH]c(cc5nc(cc1n2)C(OCCCCCCCC)=C5OCCCCCCCC)c(OCCCCCCCC)c4OCCCCCCCC)c(OCCCCCCCC)c3OCCCCCCCC. The first-order chi connectivity index (χ1) is 47.5. The summed E-state index contributed by atoms with van der Waals surface area (Å²) >= 11 is 0. The molecule has 3 aromatic heterocycles. The van der Waals surface area contributed by atoms with Gasteiger partial charge in [-0.3, -0.25) is 0 Å². The zero-order chi connectivity index (χ0) is 68.1. The first kappa shape index (κ1) is 81.7. The van der Waals surface area contributed by atoms with Gasteiger partial charge in [0.2, 0.25) is 0 Å². The van der Waals surface area contributed by atoms with Crippen LogP contribution in [0.5, 0.6) is 23.0 Å². The summed E-state index contributed by atoms with van der Waals surface area (Å²) in [5, 5.41) is 0. The van der Waals surface area contributed by atoms with Crippen molar-refractivity contribution in [3.05, 3.63) is 47.0 Å². The molecular formula is C84H142N4O8. The molecule has 3 aromatic rings. The molecule has 12 nitrogen and oxygen atoms in total. The molecule has 0 amide bonds. The maximum Gasteiger partial charge on any atom is 0.189 e. The number of hydrogen-bond acceptors (Lipinski definition) is 10. The third kappa shape index (κ3) is 31.9. The van der Waals surface area contributed by atoms with E-state index in [9.17, 15) is 0 Å². The fourth-order valence-electron chi connectivity index (χ4n) is 12.9. The molecule has 2 aliphatic rings. The van der Waals surface area contributed by atoms with Crippen molar-refractivity contribution in [2.24, 2.45) is 0 Å². The predicted octanol–water partition coefficient (Wildman–Crippen LogP) is 26.4. The van der Waals surface area contributed by atoms with Crippen molar-refractivity contribution in [2.45, 2.75) is 364 Å². The summed E-state index contributed by atoms with van der Waals surface area (Å²) in [6.45, 7) is 22.6. The van der Waals surface area contributed by atoms with E-state index in [-0.39, 0.29) is 0 Å². The van der Waals surface area contributed by atoms with Crippen LogP contribution in [0.4, 0.5) is 0 Å². The Bertz CT molecular complexity index is 2510. The molecule has 2 N–H and O–H groups in total. The van der Waals surface area contributed by atoms with Gasteiger partial charge in [0.15, 0.2) is 46.0 Å². The van der Waals surface area contributed by atoms with Crippen molar-refractivity contribution in [1.82, 2.24) is 19.9 Å². The van der Waals surface area contributed by atoms with E-state index in [2.05, 4.69) is 89.6 Å². The average Bonchev–Trinajstić information content (AvgIpc) is 1.62. The van der Waals surface area contributed by atoms with Gasteiger partial charge in [0.05, 0.1) is 74.9 Å². The Morgan fingerprint density at radius 2 is 0.365 bits per heavy atom. The molecule has 0 saturated heterocycles. The Morgan fingerprint density at radius 1 is 0.198 bits per heavy atom. The second-order valence-corrected chi connectivity index (χ2v) is 27.8. The van der Waals surface area contributed by atoms with Crippen LogP contribution < -0.4 is 18.9 Å². The smallest absolute Gasteiger partial charge is 0.189 e. The minimum absolute atomic E-state index is 0.539. The number of nitrogens with one attached hydrogen (secondary N) is 2. The van der Waals surface area contributed by atoms with Crippen LogP contribution in [0.2, 0.25) is 0 Å². The van der Waals surface area contributed by atoms with Crippen LogP contribution in [0.1, 0.15) is 386 Å². The van der Waals surface area contributed by atoms with Gasteiger partial charge in [0.25, 0.3) is 0 Å². The van der Waals surface area contributed by atoms with E-state index < -0.39 is 0 Å². The summed E-state index contributed by atoms with van der Waals surface area (Å²) in [7, 11) is 0. The molecule has 96 heavy (non-hydrogen) atoms. The molecule has 0 unspecified atom stereocenters. The van der Waals surface area contributed by atoms with Crippen molar-refractivity contribution >= 4 is 45.1 Å².